The molecule has 0 saturated carbocycles. The molecule has 2 amide bonds. The number of fused-ring (bicyclic) bond motifs is 1. The van der Waals surface area contributed by atoms with Gasteiger partial charge in [0.15, 0.2) is 5.13 Å². The summed E-state index contributed by atoms with van der Waals surface area (Å²) in [6, 6.07) is 14.8. The van der Waals surface area contributed by atoms with Crippen molar-refractivity contribution in [2.75, 3.05) is 17.3 Å². The van der Waals surface area contributed by atoms with Crippen LogP contribution in [0.1, 0.15) is 31.1 Å². The maximum absolute atomic E-state index is 12.8. The molecule has 1 aromatic heterocycles. The minimum Gasteiger partial charge on any atom is -0.326 e. The van der Waals surface area contributed by atoms with E-state index >= 15 is 0 Å². The van der Waals surface area contributed by atoms with Gasteiger partial charge in [0.25, 0.3) is 5.91 Å². The van der Waals surface area contributed by atoms with Gasteiger partial charge in [-0.25, -0.2) is 4.98 Å². The van der Waals surface area contributed by atoms with E-state index in [1.807, 2.05) is 45.0 Å². The van der Waals surface area contributed by atoms with E-state index in [0.29, 0.717) is 16.4 Å². The lowest BCUT2D eigenvalue weighted by Gasteiger charge is -2.18. The number of hydrogen-bond donors (Lipinski definition) is 1. The minimum absolute atomic E-state index is 0.0957. The fourth-order valence-electron chi connectivity index (χ4n) is 2.33. The summed E-state index contributed by atoms with van der Waals surface area (Å²) in [5.74, 6) is -0.266. The monoisotopic (exact) mass is 367 g/mol. The van der Waals surface area contributed by atoms with Crippen LogP contribution in [-0.4, -0.2) is 23.8 Å². The summed E-state index contributed by atoms with van der Waals surface area (Å²) in [7, 11) is 1.71. The fourth-order valence-corrected chi connectivity index (χ4v) is 3.26. The van der Waals surface area contributed by atoms with Crippen molar-refractivity contribution in [2.24, 2.45) is 5.41 Å². The van der Waals surface area contributed by atoms with Crippen molar-refractivity contribution in [3.05, 3.63) is 54.1 Å². The first kappa shape index (κ1) is 18.1. The minimum atomic E-state index is -0.502. The molecular weight excluding hydrogens is 346 g/mol. The van der Waals surface area contributed by atoms with E-state index < -0.39 is 5.41 Å². The second kappa shape index (κ2) is 6.88. The van der Waals surface area contributed by atoms with E-state index in [1.165, 1.54) is 16.2 Å². The first-order valence-corrected chi connectivity index (χ1v) is 9.12. The molecule has 0 spiro atoms. The topological polar surface area (TPSA) is 62.3 Å². The average molecular weight is 367 g/mol. The van der Waals surface area contributed by atoms with E-state index in [1.54, 1.807) is 31.3 Å². The Balaban J connectivity index is 1.83. The highest BCUT2D eigenvalue weighted by Gasteiger charge is 2.22. The van der Waals surface area contributed by atoms with Crippen molar-refractivity contribution < 1.29 is 9.59 Å². The van der Waals surface area contributed by atoms with Gasteiger partial charge in [-0.3, -0.25) is 14.5 Å². The number of anilines is 2. The molecule has 1 N–H and O–H groups in total. The Morgan fingerprint density at radius 3 is 2.50 bits per heavy atom. The smallest absolute Gasteiger partial charge is 0.259 e. The molecule has 3 rings (SSSR count). The third-order valence-corrected chi connectivity index (χ3v) is 5.04. The maximum atomic E-state index is 12.8. The van der Waals surface area contributed by atoms with Gasteiger partial charge in [0.2, 0.25) is 5.91 Å². The molecule has 5 nitrogen and oxygen atoms in total. The number of thiazole rings is 1. The summed E-state index contributed by atoms with van der Waals surface area (Å²) in [5.41, 5.74) is 1.47. The van der Waals surface area contributed by atoms with Crippen LogP contribution in [0.3, 0.4) is 0 Å². The molecule has 0 aliphatic rings. The summed E-state index contributed by atoms with van der Waals surface area (Å²) in [5, 5.41) is 3.49. The highest BCUT2D eigenvalue weighted by molar-refractivity contribution is 7.22. The van der Waals surface area contributed by atoms with Gasteiger partial charge >= 0.3 is 0 Å². The second-order valence-corrected chi connectivity index (χ2v) is 8.12. The predicted molar refractivity (Wildman–Crippen MR) is 107 cm³/mol. The molecule has 1 heterocycles. The molecule has 0 bridgehead atoms. The molecule has 2 aromatic carbocycles. The largest absolute Gasteiger partial charge is 0.326 e. The molecule has 0 aliphatic heterocycles. The maximum Gasteiger partial charge on any atom is 0.259 e. The van der Waals surface area contributed by atoms with Crippen molar-refractivity contribution in [1.29, 1.82) is 0 Å². The standard InChI is InChI=1S/C20H21N3O2S/c1-20(2,3)18(25)21-14-9-7-8-13(12-14)17(24)23(4)19-22-15-10-5-6-11-16(15)26-19/h5-12H,1-4H3,(H,21,25). The van der Waals surface area contributed by atoms with Crippen molar-refractivity contribution in [1.82, 2.24) is 4.98 Å². The SMILES string of the molecule is CN(C(=O)c1cccc(NC(=O)C(C)(C)C)c1)c1nc2ccccc2s1. The highest BCUT2D eigenvalue weighted by Crippen LogP contribution is 2.29. The van der Waals surface area contributed by atoms with Gasteiger partial charge < -0.3 is 5.32 Å². The second-order valence-electron chi connectivity index (χ2n) is 7.11. The molecule has 3 aromatic rings. The van der Waals surface area contributed by atoms with Crippen molar-refractivity contribution in [3.8, 4) is 0 Å². The van der Waals surface area contributed by atoms with Crippen molar-refractivity contribution in [3.63, 3.8) is 0 Å². The van der Waals surface area contributed by atoms with Crippen LogP contribution in [0.5, 0.6) is 0 Å². The molecule has 26 heavy (non-hydrogen) atoms. The number of carbonyl (C=O) groups is 2. The molecule has 134 valence electrons. The number of nitrogens with zero attached hydrogens (tertiary/aromatic N) is 2. The van der Waals surface area contributed by atoms with Crippen molar-refractivity contribution in [2.45, 2.75) is 20.8 Å². The zero-order valence-electron chi connectivity index (χ0n) is 15.2. The lowest BCUT2D eigenvalue weighted by molar-refractivity contribution is -0.123. The Morgan fingerprint density at radius 1 is 1.08 bits per heavy atom. The molecule has 0 aliphatic carbocycles. The summed E-state index contributed by atoms with van der Waals surface area (Å²) < 4.78 is 1.04. The van der Waals surface area contributed by atoms with E-state index in [0.717, 1.165) is 10.2 Å². The number of benzene rings is 2. The average Bonchev–Trinajstić information content (AvgIpc) is 3.04. The lowest BCUT2D eigenvalue weighted by Crippen LogP contribution is -2.28. The number of hydrogen-bond acceptors (Lipinski definition) is 4. The van der Waals surface area contributed by atoms with Gasteiger partial charge in [-0.2, -0.15) is 0 Å². The first-order chi connectivity index (χ1) is 12.3. The lowest BCUT2D eigenvalue weighted by atomic mass is 9.95. The normalized spacial score (nSPS) is 11.4. The molecule has 0 unspecified atom stereocenters. The highest BCUT2D eigenvalue weighted by atomic mass is 32.1. The number of nitrogens with one attached hydrogen (secondary N) is 1. The molecular formula is C20H21N3O2S. The summed E-state index contributed by atoms with van der Waals surface area (Å²) in [4.78, 5) is 31.0. The third-order valence-electron chi connectivity index (χ3n) is 3.92. The van der Waals surface area contributed by atoms with Gasteiger partial charge in [-0.15, -0.1) is 0 Å². The Kier molecular flexibility index (Phi) is 4.78. The molecule has 0 radical (unpaired) electrons. The predicted octanol–water partition coefficient (Wildman–Crippen LogP) is 4.56. The van der Waals surface area contributed by atoms with Gasteiger partial charge in [0.1, 0.15) is 0 Å². The molecule has 0 fully saturated rings. The van der Waals surface area contributed by atoms with Crippen LogP contribution in [0.2, 0.25) is 0 Å². The molecule has 6 heteroatoms. The Labute approximate surface area is 156 Å². The van der Waals surface area contributed by atoms with Crippen LogP contribution in [0.15, 0.2) is 48.5 Å². The van der Waals surface area contributed by atoms with Crippen LogP contribution in [-0.2, 0) is 4.79 Å². The number of aromatic nitrogens is 1. The number of para-hydroxylation sites is 1. The molecule has 0 atom stereocenters. The summed E-state index contributed by atoms with van der Waals surface area (Å²) in [6.07, 6.45) is 0. The van der Waals surface area contributed by atoms with E-state index in [9.17, 15) is 9.59 Å². The third kappa shape index (κ3) is 3.75. The van der Waals surface area contributed by atoms with Gasteiger partial charge in [0, 0.05) is 23.7 Å². The van der Waals surface area contributed by atoms with Gasteiger partial charge in [0.05, 0.1) is 10.2 Å². The van der Waals surface area contributed by atoms with E-state index in [-0.39, 0.29) is 11.8 Å². The number of amides is 2. The number of rotatable bonds is 3. The van der Waals surface area contributed by atoms with Gasteiger partial charge in [-0.05, 0) is 30.3 Å². The number of carbonyl (C=O) groups excluding carboxylic acids is 2. The van der Waals surface area contributed by atoms with Crippen LogP contribution in [0.25, 0.3) is 10.2 Å². The quantitative estimate of drug-likeness (QED) is 0.738. The van der Waals surface area contributed by atoms with Crippen LogP contribution < -0.4 is 10.2 Å². The van der Waals surface area contributed by atoms with E-state index in [4.69, 9.17) is 0 Å². The van der Waals surface area contributed by atoms with Crippen LogP contribution in [0.4, 0.5) is 10.8 Å². The Bertz CT molecular complexity index is 939. The molecule has 0 saturated heterocycles. The first-order valence-electron chi connectivity index (χ1n) is 8.31. The fraction of sp³-hybridized carbons (Fsp3) is 0.250. The Hall–Kier alpha value is -2.73. The zero-order chi connectivity index (χ0) is 18.9. The van der Waals surface area contributed by atoms with Crippen molar-refractivity contribution >= 4 is 44.2 Å². The van der Waals surface area contributed by atoms with Gasteiger partial charge in [-0.1, -0.05) is 50.3 Å². The van der Waals surface area contributed by atoms with Crippen LogP contribution >= 0.6 is 11.3 Å². The zero-order valence-corrected chi connectivity index (χ0v) is 16.1. The summed E-state index contributed by atoms with van der Waals surface area (Å²) >= 11 is 1.47. The van der Waals surface area contributed by atoms with Crippen LogP contribution in [0, 0.1) is 5.41 Å². The summed E-state index contributed by atoms with van der Waals surface area (Å²) in [6.45, 7) is 5.54. The Morgan fingerprint density at radius 2 is 1.81 bits per heavy atom. The van der Waals surface area contributed by atoms with E-state index in [2.05, 4.69) is 10.3 Å².